The third-order valence-corrected chi connectivity index (χ3v) is 3.06. The van der Waals surface area contributed by atoms with Crippen molar-refractivity contribution in [1.82, 2.24) is 10.2 Å². The SMILES string of the molecule is CC(CO)N(C)CC(=O)NCc1ccc(Cl)cc1. The molecule has 0 fully saturated rings. The van der Waals surface area contributed by atoms with Gasteiger partial charge in [0.2, 0.25) is 5.91 Å². The summed E-state index contributed by atoms with van der Waals surface area (Å²) in [5.74, 6) is -0.0623. The van der Waals surface area contributed by atoms with Crippen LogP contribution in [-0.2, 0) is 11.3 Å². The molecule has 0 radical (unpaired) electrons. The molecule has 1 rings (SSSR count). The lowest BCUT2D eigenvalue weighted by molar-refractivity contribution is -0.122. The molecule has 2 N–H and O–H groups in total. The lowest BCUT2D eigenvalue weighted by Crippen LogP contribution is -2.40. The second-order valence-electron chi connectivity index (χ2n) is 4.35. The molecule has 4 nitrogen and oxygen atoms in total. The van der Waals surface area contributed by atoms with E-state index in [0.717, 1.165) is 5.56 Å². The maximum atomic E-state index is 11.7. The highest BCUT2D eigenvalue weighted by Gasteiger charge is 2.11. The van der Waals surface area contributed by atoms with E-state index in [0.29, 0.717) is 11.6 Å². The van der Waals surface area contributed by atoms with Crippen molar-refractivity contribution in [2.75, 3.05) is 20.2 Å². The molecule has 100 valence electrons. The molecular formula is C13H19ClN2O2. The van der Waals surface area contributed by atoms with Gasteiger partial charge in [0.05, 0.1) is 13.2 Å². The van der Waals surface area contributed by atoms with E-state index < -0.39 is 0 Å². The monoisotopic (exact) mass is 270 g/mol. The smallest absolute Gasteiger partial charge is 0.234 e. The first-order chi connectivity index (χ1) is 8.52. The van der Waals surface area contributed by atoms with E-state index in [4.69, 9.17) is 16.7 Å². The van der Waals surface area contributed by atoms with Crippen molar-refractivity contribution in [3.63, 3.8) is 0 Å². The first-order valence-electron chi connectivity index (χ1n) is 5.85. The summed E-state index contributed by atoms with van der Waals surface area (Å²) < 4.78 is 0. The van der Waals surface area contributed by atoms with Crippen LogP contribution in [0.4, 0.5) is 0 Å². The third-order valence-electron chi connectivity index (χ3n) is 2.81. The highest BCUT2D eigenvalue weighted by Crippen LogP contribution is 2.09. The Morgan fingerprint density at radius 1 is 1.44 bits per heavy atom. The second-order valence-corrected chi connectivity index (χ2v) is 4.79. The zero-order chi connectivity index (χ0) is 13.5. The fourth-order valence-electron chi connectivity index (χ4n) is 1.38. The molecule has 18 heavy (non-hydrogen) atoms. The Labute approximate surface area is 113 Å². The summed E-state index contributed by atoms with van der Waals surface area (Å²) in [7, 11) is 1.81. The molecule has 0 aromatic heterocycles. The van der Waals surface area contributed by atoms with E-state index in [1.54, 1.807) is 17.0 Å². The van der Waals surface area contributed by atoms with Gasteiger partial charge in [-0.15, -0.1) is 0 Å². The minimum absolute atomic E-state index is 0.0220. The van der Waals surface area contributed by atoms with Crippen LogP contribution in [0.5, 0.6) is 0 Å². The molecule has 1 atom stereocenters. The molecule has 0 spiro atoms. The van der Waals surface area contributed by atoms with Gasteiger partial charge in [-0.1, -0.05) is 23.7 Å². The fourth-order valence-corrected chi connectivity index (χ4v) is 1.51. The lowest BCUT2D eigenvalue weighted by atomic mass is 10.2. The largest absolute Gasteiger partial charge is 0.395 e. The summed E-state index contributed by atoms with van der Waals surface area (Å²) in [6.45, 7) is 2.67. The first-order valence-corrected chi connectivity index (χ1v) is 6.23. The van der Waals surface area contributed by atoms with Gasteiger partial charge in [0, 0.05) is 17.6 Å². The molecule has 0 saturated heterocycles. The highest BCUT2D eigenvalue weighted by atomic mass is 35.5. The number of nitrogens with one attached hydrogen (secondary N) is 1. The molecule has 1 aromatic carbocycles. The first kappa shape index (κ1) is 15.0. The molecule has 1 aromatic rings. The predicted octanol–water partition coefficient (Wildman–Crippen LogP) is 1.27. The van der Waals surface area contributed by atoms with E-state index in [1.165, 1.54) is 0 Å². The van der Waals surface area contributed by atoms with Crippen LogP contribution in [0.3, 0.4) is 0 Å². The van der Waals surface area contributed by atoms with Crippen LogP contribution in [0.15, 0.2) is 24.3 Å². The molecule has 0 heterocycles. The van der Waals surface area contributed by atoms with Gasteiger partial charge in [-0.25, -0.2) is 0 Å². The predicted molar refractivity (Wildman–Crippen MR) is 72.5 cm³/mol. The molecule has 0 aliphatic rings. The minimum atomic E-state index is -0.0623. The van der Waals surface area contributed by atoms with E-state index in [1.807, 2.05) is 26.1 Å². The average molecular weight is 271 g/mol. The topological polar surface area (TPSA) is 52.6 Å². The number of amides is 1. The van der Waals surface area contributed by atoms with Gasteiger partial charge in [0.1, 0.15) is 0 Å². The lowest BCUT2D eigenvalue weighted by Gasteiger charge is -2.21. The van der Waals surface area contributed by atoms with Crippen molar-refractivity contribution in [2.45, 2.75) is 19.5 Å². The van der Waals surface area contributed by atoms with Gasteiger partial charge in [-0.3, -0.25) is 9.69 Å². The molecular weight excluding hydrogens is 252 g/mol. The maximum absolute atomic E-state index is 11.7. The van der Waals surface area contributed by atoms with Gasteiger partial charge in [0.15, 0.2) is 0 Å². The Kier molecular flexibility index (Phi) is 6.12. The summed E-state index contributed by atoms with van der Waals surface area (Å²) in [6.07, 6.45) is 0. The Balaban J connectivity index is 2.35. The normalized spacial score (nSPS) is 12.5. The number of nitrogens with zero attached hydrogens (tertiary/aromatic N) is 1. The van der Waals surface area contributed by atoms with Crippen molar-refractivity contribution in [1.29, 1.82) is 0 Å². The van der Waals surface area contributed by atoms with Crippen LogP contribution in [-0.4, -0.2) is 42.2 Å². The number of halogens is 1. The van der Waals surface area contributed by atoms with Crippen LogP contribution in [0.25, 0.3) is 0 Å². The summed E-state index contributed by atoms with van der Waals surface area (Å²) in [5, 5.41) is 12.5. The van der Waals surface area contributed by atoms with Crippen LogP contribution in [0.2, 0.25) is 5.02 Å². The van der Waals surface area contributed by atoms with Crippen molar-refractivity contribution in [3.8, 4) is 0 Å². The van der Waals surface area contributed by atoms with Gasteiger partial charge in [0.25, 0.3) is 0 Å². The number of likely N-dealkylation sites (N-methyl/N-ethyl adjacent to an activating group) is 1. The van der Waals surface area contributed by atoms with E-state index in [2.05, 4.69) is 5.32 Å². The number of benzene rings is 1. The number of rotatable bonds is 6. The number of carbonyl (C=O) groups is 1. The van der Waals surface area contributed by atoms with Crippen molar-refractivity contribution in [3.05, 3.63) is 34.9 Å². The van der Waals surface area contributed by atoms with Gasteiger partial charge >= 0.3 is 0 Å². The standard InChI is InChI=1S/C13H19ClN2O2/c1-10(9-17)16(2)8-13(18)15-7-11-3-5-12(14)6-4-11/h3-6,10,17H,7-9H2,1-2H3,(H,15,18). The molecule has 1 unspecified atom stereocenters. The highest BCUT2D eigenvalue weighted by molar-refractivity contribution is 6.30. The molecule has 0 bridgehead atoms. The van der Waals surface area contributed by atoms with Crippen molar-refractivity contribution in [2.24, 2.45) is 0 Å². The average Bonchev–Trinajstić information content (AvgIpc) is 2.37. The van der Waals surface area contributed by atoms with Crippen molar-refractivity contribution < 1.29 is 9.90 Å². The van der Waals surface area contributed by atoms with E-state index >= 15 is 0 Å². The van der Waals surface area contributed by atoms with E-state index in [9.17, 15) is 4.79 Å². The second kappa shape index (κ2) is 7.36. The maximum Gasteiger partial charge on any atom is 0.234 e. The Bertz CT molecular complexity index is 381. The third kappa shape index (κ3) is 5.04. The summed E-state index contributed by atoms with van der Waals surface area (Å²) >= 11 is 5.78. The van der Waals surface area contributed by atoms with Gasteiger partial charge < -0.3 is 10.4 Å². The number of aliphatic hydroxyl groups is 1. The number of hydrogen-bond acceptors (Lipinski definition) is 3. The molecule has 1 amide bonds. The van der Waals surface area contributed by atoms with Crippen molar-refractivity contribution >= 4 is 17.5 Å². The summed E-state index contributed by atoms with van der Waals surface area (Å²) in [6, 6.07) is 7.32. The molecule has 0 saturated carbocycles. The van der Waals surface area contributed by atoms with Crippen LogP contribution >= 0.6 is 11.6 Å². The minimum Gasteiger partial charge on any atom is -0.395 e. The Morgan fingerprint density at radius 2 is 2.06 bits per heavy atom. The van der Waals surface area contributed by atoms with Gasteiger partial charge in [-0.2, -0.15) is 0 Å². The molecule has 5 heteroatoms. The number of aliphatic hydroxyl groups excluding tert-OH is 1. The van der Waals surface area contributed by atoms with Gasteiger partial charge in [-0.05, 0) is 31.7 Å². The number of carbonyl (C=O) groups excluding carboxylic acids is 1. The zero-order valence-corrected chi connectivity index (χ0v) is 11.4. The molecule has 0 aliphatic heterocycles. The van der Waals surface area contributed by atoms with Crippen LogP contribution in [0.1, 0.15) is 12.5 Å². The molecule has 0 aliphatic carbocycles. The quantitative estimate of drug-likeness (QED) is 0.819. The zero-order valence-electron chi connectivity index (χ0n) is 10.7. The van der Waals surface area contributed by atoms with Crippen LogP contribution < -0.4 is 5.32 Å². The summed E-state index contributed by atoms with van der Waals surface area (Å²) in [5.41, 5.74) is 1.01. The van der Waals surface area contributed by atoms with Crippen LogP contribution in [0, 0.1) is 0 Å². The summed E-state index contributed by atoms with van der Waals surface area (Å²) in [4.78, 5) is 13.5. The van der Waals surface area contributed by atoms with E-state index in [-0.39, 0.29) is 25.1 Å². The number of hydrogen-bond donors (Lipinski definition) is 2. The fraction of sp³-hybridized carbons (Fsp3) is 0.462. The Morgan fingerprint density at radius 3 is 2.61 bits per heavy atom. The Hall–Kier alpha value is -1.10.